The lowest BCUT2D eigenvalue weighted by molar-refractivity contribution is 0.0438. The summed E-state index contributed by atoms with van der Waals surface area (Å²) in [4.78, 5) is 14.4. The van der Waals surface area contributed by atoms with Crippen molar-refractivity contribution in [2.24, 2.45) is 0 Å². The molecule has 0 saturated carbocycles. The molecule has 1 atom stereocenters. The molecule has 110 valence electrons. The smallest absolute Gasteiger partial charge is 0.256 e. The summed E-state index contributed by atoms with van der Waals surface area (Å²) >= 11 is 6.00. The van der Waals surface area contributed by atoms with Crippen LogP contribution in [0, 0.1) is 0 Å². The summed E-state index contributed by atoms with van der Waals surface area (Å²) in [5.41, 5.74) is 0.687. The molecule has 0 spiro atoms. The Morgan fingerprint density at radius 3 is 2.85 bits per heavy atom. The molecule has 1 unspecified atom stereocenters. The van der Waals surface area contributed by atoms with Gasteiger partial charge in [-0.2, -0.15) is 0 Å². The van der Waals surface area contributed by atoms with Crippen molar-refractivity contribution in [3.63, 3.8) is 0 Å². The summed E-state index contributed by atoms with van der Waals surface area (Å²) in [6.07, 6.45) is 2.15. The Kier molecular flexibility index (Phi) is 4.55. The van der Waals surface area contributed by atoms with Gasteiger partial charge in [0, 0.05) is 30.8 Å². The summed E-state index contributed by atoms with van der Waals surface area (Å²) in [6, 6.07) is 5.26. The minimum atomic E-state index is -0.671. The number of halogens is 1. The maximum absolute atomic E-state index is 12.6. The van der Waals surface area contributed by atoms with Crippen LogP contribution in [0.1, 0.15) is 36.5 Å². The highest BCUT2D eigenvalue weighted by Gasteiger charge is 2.28. The molecule has 1 amide bonds. The van der Waals surface area contributed by atoms with Crippen LogP contribution in [0.25, 0.3) is 0 Å². The molecule has 1 heterocycles. The number of carbonyl (C=O) groups is 1. The number of amides is 1. The second-order valence-corrected chi connectivity index (χ2v) is 6.02. The molecule has 1 aromatic carbocycles. The Labute approximate surface area is 124 Å². The largest absolute Gasteiger partial charge is 0.390 e. The number of hydrogen-bond acceptors (Lipinski definition) is 3. The van der Waals surface area contributed by atoms with Gasteiger partial charge in [-0.1, -0.05) is 11.6 Å². The summed E-state index contributed by atoms with van der Waals surface area (Å²) < 4.78 is 0. The van der Waals surface area contributed by atoms with E-state index >= 15 is 0 Å². The first kappa shape index (κ1) is 15.1. The monoisotopic (exact) mass is 296 g/mol. The summed E-state index contributed by atoms with van der Waals surface area (Å²) in [6.45, 7) is 3.07. The van der Waals surface area contributed by atoms with E-state index in [1.807, 2.05) is 13.0 Å². The van der Waals surface area contributed by atoms with Crippen LogP contribution < -0.4 is 5.32 Å². The fourth-order valence-electron chi connectivity index (χ4n) is 2.55. The molecule has 5 heteroatoms. The molecule has 2 N–H and O–H groups in total. The normalized spacial score (nSPS) is 23.3. The average Bonchev–Trinajstić information content (AvgIpc) is 2.59. The van der Waals surface area contributed by atoms with Crippen LogP contribution in [0.3, 0.4) is 0 Å². The Bertz CT molecular complexity index is 503. The summed E-state index contributed by atoms with van der Waals surface area (Å²) in [5.74, 6) is -0.0328. The number of rotatable bonds is 2. The molecule has 0 radical (unpaired) electrons. The number of hydrogen-bond donors (Lipinski definition) is 2. The van der Waals surface area contributed by atoms with E-state index in [1.54, 1.807) is 24.1 Å². The maximum Gasteiger partial charge on any atom is 0.256 e. The fourth-order valence-corrected chi connectivity index (χ4v) is 2.72. The van der Waals surface area contributed by atoms with Gasteiger partial charge in [-0.05, 0) is 44.4 Å². The number of nitrogens with one attached hydrogen (secondary N) is 1. The third kappa shape index (κ3) is 3.44. The molecule has 1 aromatic rings. The van der Waals surface area contributed by atoms with E-state index in [0.29, 0.717) is 30.1 Å². The van der Waals surface area contributed by atoms with Crippen LogP contribution in [0.4, 0.5) is 5.69 Å². The van der Waals surface area contributed by atoms with E-state index < -0.39 is 5.60 Å². The van der Waals surface area contributed by atoms with E-state index in [9.17, 15) is 9.90 Å². The highest BCUT2D eigenvalue weighted by molar-refractivity contribution is 6.31. The average molecular weight is 297 g/mol. The van der Waals surface area contributed by atoms with E-state index in [2.05, 4.69) is 5.32 Å². The molecule has 0 bridgehead atoms. The van der Waals surface area contributed by atoms with Gasteiger partial charge in [-0.3, -0.25) is 4.79 Å². The van der Waals surface area contributed by atoms with Gasteiger partial charge in [0.05, 0.1) is 11.2 Å². The van der Waals surface area contributed by atoms with Crippen LogP contribution in [-0.2, 0) is 0 Å². The van der Waals surface area contributed by atoms with Crippen molar-refractivity contribution in [1.29, 1.82) is 0 Å². The zero-order chi connectivity index (χ0) is 14.8. The number of benzene rings is 1. The summed E-state index contributed by atoms with van der Waals surface area (Å²) in [7, 11) is 1.78. The number of nitrogens with zero attached hydrogens (tertiary/aromatic N) is 1. The van der Waals surface area contributed by atoms with E-state index in [-0.39, 0.29) is 5.91 Å². The predicted octanol–water partition coefficient (Wildman–Crippen LogP) is 2.76. The number of carbonyl (C=O) groups excluding carboxylic acids is 1. The highest BCUT2D eigenvalue weighted by Crippen LogP contribution is 2.25. The van der Waals surface area contributed by atoms with E-state index in [1.165, 1.54) is 0 Å². The molecule has 0 aromatic heterocycles. The number of likely N-dealkylation sites (tertiary alicyclic amines) is 1. The first-order valence-electron chi connectivity index (χ1n) is 6.92. The van der Waals surface area contributed by atoms with Crippen molar-refractivity contribution in [2.75, 3.05) is 25.5 Å². The molecule has 1 aliphatic rings. The van der Waals surface area contributed by atoms with Crippen molar-refractivity contribution in [2.45, 2.75) is 31.8 Å². The predicted molar refractivity (Wildman–Crippen MR) is 81.4 cm³/mol. The lowest BCUT2D eigenvalue weighted by Crippen LogP contribution is -2.33. The fraction of sp³-hybridized carbons (Fsp3) is 0.533. The minimum absolute atomic E-state index is 0.0328. The van der Waals surface area contributed by atoms with Gasteiger partial charge in [0.25, 0.3) is 5.91 Å². The molecular weight excluding hydrogens is 276 g/mol. The quantitative estimate of drug-likeness (QED) is 0.882. The van der Waals surface area contributed by atoms with Gasteiger partial charge in [0.1, 0.15) is 0 Å². The van der Waals surface area contributed by atoms with Gasteiger partial charge >= 0.3 is 0 Å². The van der Waals surface area contributed by atoms with Crippen molar-refractivity contribution in [3.8, 4) is 0 Å². The zero-order valence-electron chi connectivity index (χ0n) is 11.9. The highest BCUT2D eigenvalue weighted by atomic mass is 35.5. The van der Waals surface area contributed by atoms with Crippen LogP contribution >= 0.6 is 11.6 Å². The van der Waals surface area contributed by atoms with Gasteiger partial charge in [-0.15, -0.1) is 0 Å². The minimum Gasteiger partial charge on any atom is -0.390 e. The molecule has 20 heavy (non-hydrogen) atoms. The second-order valence-electron chi connectivity index (χ2n) is 5.58. The third-order valence-electron chi connectivity index (χ3n) is 3.83. The third-order valence-corrected chi connectivity index (χ3v) is 4.07. The molecule has 0 aliphatic carbocycles. The maximum atomic E-state index is 12.6. The SMILES string of the molecule is CNc1ccc(Cl)cc1C(=O)N1CCCC(C)(O)CC1. The van der Waals surface area contributed by atoms with Gasteiger partial charge < -0.3 is 15.3 Å². The first-order valence-corrected chi connectivity index (χ1v) is 7.30. The molecule has 1 aliphatic heterocycles. The van der Waals surface area contributed by atoms with Crippen LogP contribution in [0.2, 0.25) is 5.02 Å². The molecule has 1 saturated heterocycles. The molecule has 2 rings (SSSR count). The van der Waals surface area contributed by atoms with Gasteiger partial charge in [0.2, 0.25) is 0 Å². The number of anilines is 1. The lowest BCUT2D eigenvalue weighted by Gasteiger charge is -2.23. The Hall–Kier alpha value is -1.26. The standard InChI is InChI=1S/C15H21ClN2O2/c1-15(20)6-3-8-18(9-7-15)14(19)12-10-11(16)4-5-13(12)17-2/h4-5,10,17,20H,3,6-9H2,1-2H3. The van der Waals surface area contributed by atoms with Gasteiger partial charge in [0.15, 0.2) is 0 Å². The first-order chi connectivity index (χ1) is 9.43. The van der Waals surface area contributed by atoms with E-state index in [4.69, 9.17) is 11.6 Å². The van der Waals surface area contributed by atoms with Crippen molar-refractivity contribution in [1.82, 2.24) is 4.90 Å². The van der Waals surface area contributed by atoms with Crippen molar-refractivity contribution >= 4 is 23.2 Å². The van der Waals surface area contributed by atoms with Gasteiger partial charge in [-0.25, -0.2) is 0 Å². The lowest BCUT2D eigenvalue weighted by atomic mass is 9.98. The van der Waals surface area contributed by atoms with E-state index in [0.717, 1.165) is 18.5 Å². The Morgan fingerprint density at radius 2 is 2.15 bits per heavy atom. The second kappa shape index (κ2) is 6.02. The summed E-state index contributed by atoms with van der Waals surface area (Å²) in [5, 5.41) is 13.7. The van der Waals surface area contributed by atoms with Crippen molar-refractivity contribution in [3.05, 3.63) is 28.8 Å². The molecular formula is C15H21ClN2O2. The van der Waals surface area contributed by atoms with Crippen LogP contribution in [0.15, 0.2) is 18.2 Å². The van der Waals surface area contributed by atoms with Crippen LogP contribution in [0.5, 0.6) is 0 Å². The Balaban J connectivity index is 2.21. The zero-order valence-corrected chi connectivity index (χ0v) is 12.7. The Morgan fingerprint density at radius 1 is 1.40 bits per heavy atom. The molecule has 1 fully saturated rings. The topological polar surface area (TPSA) is 52.6 Å². The molecule has 4 nitrogen and oxygen atoms in total. The van der Waals surface area contributed by atoms with Crippen molar-refractivity contribution < 1.29 is 9.90 Å². The number of aliphatic hydroxyl groups is 1. The van der Waals surface area contributed by atoms with Crippen LogP contribution in [-0.4, -0.2) is 41.7 Å².